The van der Waals surface area contributed by atoms with E-state index in [2.05, 4.69) is 10.4 Å². The molecule has 2 aliphatic rings. The lowest BCUT2D eigenvalue weighted by Crippen LogP contribution is -2.46. The number of hydrogen-bond acceptors (Lipinski definition) is 6. The molecule has 0 radical (unpaired) electrons. The van der Waals surface area contributed by atoms with Crippen LogP contribution in [0, 0.1) is 12.8 Å². The van der Waals surface area contributed by atoms with Crippen molar-refractivity contribution in [3.8, 4) is 5.88 Å². The van der Waals surface area contributed by atoms with E-state index in [9.17, 15) is 19.5 Å². The van der Waals surface area contributed by atoms with E-state index in [1.807, 2.05) is 20.8 Å². The summed E-state index contributed by atoms with van der Waals surface area (Å²) in [5.41, 5.74) is 0.419. The number of rotatable bonds is 6. The fourth-order valence-electron chi connectivity index (χ4n) is 4.09. The molecule has 0 spiro atoms. The van der Waals surface area contributed by atoms with Gasteiger partial charge in [-0.3, -0.25) is 19.0 Å². The molecular formula is C23H31N5O5. The van der Waals surface area contributed by atoms with Crippen LogP contribution in [0.25, 0.3) is 11.7 Å². The Morgan fingerprint density at radius 2 is 2.06 bits per heavy atom. The van der Waals surface area contributed by atoms with Crippen LogP contribution >= 0.6 is 0 Å². The van der Waals surface area contributed by atoms with Gasteiger partial charge in [0.15, 0.2) is 5.56 Å². The number of ether oxygens (including phenoxy) is 1. The quantitative estimate of drug-likeness (QED) is 0.632. The van der Waals surface area contributed by atoms with Gasteiger partial charge in [0.05, 0.1) is 24.9 Å². The fourth-order valence-corrected chi connectivity index (χ4v) is 4.09. The Labute approximate surface area is 191 Å². The number of nitrogens with zero attached hydrogens (tertiary/aromatic N) is 4. The van der Waals surface area contributed by atoms with E-state index in [0.717, 1.165) is 17.4 Å². The molecule has 33 heavy (non-hydrogen) atoms. The van der Waals surface area contributed by atoms with E-state index >= 15 is 0 Å². The van der Waals surface area contributed by atoms with Crippen LogP contribution in [0.1, 0.15) is 55.2 Å². The topological polar surface area (TPSA) is 118 Å². The van der Waals surface area contributed by atoms with Gasteiger partial charge in [-0.25, -0.2) is 0 Å². The van der Waals surface area contributed by atoms with Gasteiger partial charge in [0.2, 0.25) is 11.8 Å². The first-order valence-electron chi connectivity index (χ1n) is 11.4. The predicted octanol–water partition coefficient (Wildman–Crippen LogP) is 1.32. The standard InChI is InChI=1S/C23H31N5O5/c1-13(2)11-27-21-17(7-8-18(29)26-9-10-33-12-14(26)3)15(4)25-28(21)23(32)19(22(27)31)20(30)24-16-5-6-16/h7-8,13-14,16,31H,5-6,9-12H2,1-4H3,(H,24,30)/b8-7+/t14-/m0/s1. The van der Waals surface area contributed by atoms with Crippen LogP contribution in [0.4, 0.5) is 0 Å². The molecule has 2 aromatic rings. The average Bonchev–Trinajstić information content (AvgIpc) is 3.50. The minimum Gasteiger partial charge on any atom is -0.494 e. The van der Waals surface area contributed by atoms with Gasteiger partial charge in [-0.15, -0.1) is 0 Å². The second kappa shape index (κ2) is 9.01. The second-order valence-corrected chi connectivity index (χ2v) is 9.28. The molecule has 3 heterocycles. The Kier molecular flexibility index (Phi) is 6.29. The number of carbonyl (C=O) groups is 2. The number of amides is 2. The third-order valence-electron chi connectivity index (χ3n) is 5.95. The normalized spacial score (nSPS) is 19.1. The van der Waals surface area contributed by atoms with Gasteiger partial charge in [0.25, 0.3) is 11.5 Å². The number of fused-ring (bicyclic) bond motifs is 1. The molecule has 1 aliphatic carbocycles. The van der Waals surface area contributed by atoms with Crippen molar-refractivity contribution in [2.75, 3.05) is 19.8 Å². The van der Waals surface area contributed by atoms with Crippen LogP contribution in [0.15, 0.2) is 10.9 Å². The first-order valence-corrected chi connectivity index (χ1v) is 11.4. The molecule has 1 atom stereocenters. The summed E-state index contributed by atoms with van der Waals surface area (Å²) in [6.07, 6.45) is 4.81. The summed E-state index contributed by atoms with van der Waals surface area (Å²) in [4.78, 5) is 40.4. The van der Waals surface area contributed by atoms with E-state index in [4.69, 9.17) is 4.74 Å². The van der Waals surface area contributed by atoms with Crippen molar-refractivity contribution in [1.82, 2.24) is 24.4 Å². The van der Waals surface area contributed by atoms with Crippen LogP contribution in [0.2, 0.25) is 0 Å². The summed E-state index contributed by atoms with van der Waals surface area (Å²) < 4.78 is 8.09. The van der Waals surface area contributed by atoms with E-state index in [-0.39, 0.29) is 35.4 Å². The Morgan fingerprint density at radius 1 is 1.33 bits per heavy atom. The number of nitrogens with one attached hydrogen (secondary N) is 1. The molecule has 0 aromatic carbocycles. The summed E-state index contributed by atoms with van der Waals surface area (Å²) in [7, 11) is 0. The monoisotopic (exact) mass is 457 g/mol. The average molecular weight is 458 g/mol. The third kappa shape index (κ3) is 4.52. The largest absolute Gasteiger partial charge is 0.494 e. The van der Waals surface area contributed by atoms with Crippen LogP contribution < -0.4 is 10.9 Å². The van der Waals surface area contributed by atoms with Gasteiger partial charge in [-0.05, 0) is 38.7 Å². The second-order valence-electron chi connectivity index (χ2n) is 9.28. The van der Waals surface area contributed by atoms with Crippen LogP contribution in [-0.4, -0.2) is 67.8 Å². The summed E-state index contributed by atoms with van der Waals surface area (Å²) in [5, 5.41) is 18.2. The molecule has 2 amide bonds. The zero-order chi connectivity index (χ0) is 23.9. The van der Waals surface area contributed by atoms with E-state index in [1.165, 1.54) is 10.6 Å². The molecule has 2 fully saturated rings. The maximum absolute atomic E-state index is 13.2. The first-order chi connectivity index (χ1) is 15.7. The lowest BCUT2D eigenvalue weighted by atomic mass is 10.1. The van der Waals surface area contributed by atoms with Crippen molar-refractivity contribution in [3.05, 3.63) is 33.3 Å². The highest BCUT2D eigenvalue weighted by atomic mass is 16.5. The van der Waals surface area contributed by atoms with Gasteiger partial charge in [-0.2, -0.15) is 9.61 Å². The van der Waals surface area contributed by atoms with Crippen LogP contribution in [0.3, 0.4) is 0 Å². The van der Waals surface area contributed by atoms with E-state index in [0.29, 0.717) is 43.2 Å². The van der Waals surface area contributed by atoms with Gasteiger partial charge < -0.3 is 20.1 Å². The number of aromatic hydroxyl groups is 1. The molecule has 4 rings (SSSR count). The van der Waals surface area contributed by atoms with Crippen molar-refractivity contribution in [2.24, 2.45) is 5.92 Å². The van der Waals surface area contributed by atoms with Crippen molar-refractivity contribution in [1.29, 1.82) is 0 Å². The zero-order valence-electron chi connectivity index (χ0n) is 19.5. The van der Waals surface area contributed by atoms with Crippen molar-refractivity contribution >= 4 is 23.5 Å². The van der Waals surface area contributed by atoms with Gasteiger partial charge in [0, 0.05) is 30.8 Å². The number of aryl methyl sites for hydroxylation is 1. The van der Waals surface area contributed by atoms with Gasteiger partial charge in [0.1, 0.15) is 5.65 Å². The van der Waals surface area contributed by atoms with E-state index in [1.54, 1.807) is 17.9 Å². The summed E-state index contributed by atoms with van der Waals surface area (Å²) in [6.45, 7) is 9.46. The van der Waals surface area contributed by atoms with E-state index < -0.39 is 11.5 Å². The number of aromatic nitrogens is 3. The number of hydrogen-bond donors (Lipinski definition) is 2. The molecule has 10 heteroatoms. The minimum atomic E-state index is -0.684. The van der Waals surface area contributed by atoms with Crippen molar-refractivity contribution < 1.29 is 19.4 Å². The smallest absolute Gasteiger partial charge is 0.291 e. The lowest BCUT2D eigenvalue weighted by molar-refractivity contribution is -0.133. The molecule has 178 valence electrons. The molecule has 0 unspecified atom stereocenters. The summed E-state index contributed by atoms with van der Waals surface area (Å²) in [6, 6.07) is 0.00796. The maximum Gasteiger partial charge on any atom is 0.291 e. The number of morpholine rings is 1. The molecule has 1 saturated heterocycles. The molecule has 1 aliphatic heterocycles. The maximum atomic E-state index is 13.2. The van der Waals surface area contributed by atoms with Crippen molar-refractivity contribution in [3.63, 3.8) is 0 Å². The minimum absolute atomic E-state index is 0.0309. The highest BCUT2D eigenvalue weighted by Crippen LogP contribution is 2.26. The molecule has 1 saturated carbocycles. The van der Waals surface area contributed by atoms with Crippen molar-refractivity contribution in [2.45, 2.75) is 59.2 Å². The Bertz CT molecular complexity index is 1170. The predicted molar refractivity (Wildman–Crippen MR) is 122 cm³/mol. The molecular weight excluding hydrogens is 426 g/mol. The Morgan fingerprint density at radius 3 is 2.70 bits per heavy atom. The van der Waals surface area contributed by atoms with Crippen LogP contribution in [0.5, 0.6) is 5.88 Å². The highest BCUT2D eigenvalue weighted by molar-refractivity contribution is 5.97. The third-order valence-corrected chi connectivity index (χ3v) is 5.95. The SMILES string of the molecule is Cc1nn2c(=O)c(C(=O)NC3CC3)c(O)n(CC(C)C)c2c1/C=C/C(=O)N1CCOC[C@@H]1C. The molecule has 2 aromatic heterocycles. The lowest BCUT2D eigenvalue weighted by Gasteiger charge is -2.32. The summed E-state index contributed by atoms with van der Waals surface area (Å²) in [5.74, 6) is -1.03. The summed E-state index contributed by atoms with van der Waals surface area (Å²) >= 11 is 0. The Balaban J connectivity index is 1.80. The Hall–Kier alpha value is -3.14. The first kappa shape index (κ1) is 23.0. The number of carbonyl (C=O) groups excluding carboxylic acids is 2. The molecule has 10 nitrogen and oxygen atoms in total. The van der Waals surface area contributed by atoms with Gasteiger partial charge in [-0.1, -0.05) is 13.8 Å². The zero-order valence-corrected chi connectivity index (χ0v) is 19.5. The highest BCUT2D eigenvalue weighted by Gasteiger charge is 2.30. The molecule has 2 N–H and O–H groups in total. The molecule has 0 bridgehead atoms. The fraction of sp³-hybridized carbons (Fsp3) is 0.565. The van der Waals surface area contributed by atoms with Gasteiger partial charge >= 0.3 is 0 Å². The van der Waals surface area contributed by atoms with Crippen LogP contribution in [-0.2, 0) is 16.1 Å².